The van der Waals surface area contributed by atoms with E-state index in [0.29, 0.717) is 17.1 Å². The average Bonchev–Trinajstić information content (AvgIpc) is 3.24. The van der Waals surface area contributed by atoms with Gasteiger partial charge in [-0.2, -0.15) is 5.10 Å². The van der Waals surface area contributed by atoms with E-state index < -0.39 is 0 Å². The van der Waals surface area contributed by atoms with Gasteiger partial charge in [0, 0.05) is 31.3 Å². The van der Waals surface area contributed by atoms with Crippen molar-refractivity contribution in [1.29, 1.82) is 0 Å². The summed E-state index contributed by atoms with van der Waals surface area (Å²) in [6, 6.07) is 9.41. The zero-order valence-corrected chi connectivity index (χ0v) is 21.1. The molecular weight excluding hydrogens is 438 g/mol. The second kappa shape index (κ2) is 9.86. The number of allylic oxidation sites excluding steroid dienone is 1. The fourth-order valence-corrected chi connectivity index (χ4v) is 4.63. The number of rotatable bonds is 5. The van der Waals surface area contributed by atoms with Crippen molar-refractivity contribution in [3.05, 3.63) is 77.0 Å². The second-order valence-electron chi connectivity index (χ2n) is 10.1. The Kier molecular flexibility index (Phi) is 6.87. The van der Waals surface area contributed by atoms with Gasteiger partial charge in [-0.15, -0.1) is 0 Å². The van der Waals surface area contributed by atoms with Crippen LogP contribution in [-0.2, 0) is 11.8 Å². The van der Waals surface area contributed by atoms with E-state index in [0.717, 1.165) is 53.5 Å². The SMILES string of the molecule is Cc1cncc(C)c1-c1ccc(NC(=O)C(NC(=O)c2ccnn2C)=C2CCC(C)(C)CC2)cc1. The average molecular weight is 472 g/mol. The third kappa shape index (κ3) is 5.50. The van der Waals surface area contributed by atoms with Gasteiger partial charge in [0.05, 0.1) is 0 Å². The van der Waals surface area contributed by atoms with Gasteiger partial charge in [-0.05, 0) is 91.0 Å². The molecule has 1 saturated carbocycles. The lowest BCUT2D eigenvalue weighted by Gasteiger charge is -2.32. The summed E-state index contributed by atoms with van der Waals surface area (Å²) >= 11 is 0. The summed E-state index contributed by atoms with van der Waals surface area (Å²) < 4.78 is 1.50. The Labute approximate surface area is 206 Å². The lowest BCUT2D eigenvalue weighted by Crippen LogP contribution is -2.34. The molecule has 7 heteroatoms. The molecule has 0 radical (unpaired) electrons. The predicted octanol–water partition coefficient (Wildman–Crippen LogP) is 5.32. The van der Waals surface area contributed by atoms with Gasteiger partial charge in [-0.25, -0.2) is 0 Å². The van der Waals surface area contributed by atoms with Crippen LogP contribution < -0.4 is 10.6 Å². The number of aryl methyl sites for hydroxylation is 3. The standard InChI is InChI=1S/C28H33N5O2/c1-18-16-29-17-19(2)24(18)20-6-8-22(9-7-20)31-27(35)25(21-10-13-28(3,4)14-11-21)32-26(34)23-12-15-30-33(23)5/h6-9,12,15-17H,10-11,13-14H2,1-5H3,(H,31,35)(H,32,34). The minimum absolute atomic E-state index is 0.232. The Morgan fingerprint density at radius 2 is 1.60 bits per heavy atom. The lowest BCUT2D eigenvalue weighted by molar-refractivity contribution is -0.113. The minimum Gasteiger partial charge on any atom is -0.321 e. The topological polar surface area (TPSA) is 88.9 Å². The molecule has 0 aliphatic heterocycles. The largest absolute Gasteiger partial charge is 0.321 e. The number of carbonyl (C=O) groups is 2. The van der Waals surface area contributed by atoms with Crippen LogP contribution in [0, 0.1) is 19.3 Å². The smallest absolute Gasteiger partial charge is 0.274 e. The number of anilines is 1. The third-order valence-electron chi connectivity index (χ3n) is 6.84. The van der Waals surface area contributed by atoms with Gasteiger partial charge in [0.1, 0.15) is 11.4 Å². The summed E-state index contributed by atoms with van der Waals surface area (Å²) in [5.41, 5.74) is 7.06. The summed E-state index contributed by atoms with van der Waals surface area (Å²) in [5.74, 6) is -0.647. The van der Waals surface area contributed by atoms with E-state index in [1.165, 1.54) is 4.68 Å². The fraction of sp³-hybridized carbons (Fsp3) is 0.357. The van der Waals surface area contributed by atoms with Crippen molar-refractivity contribution in [1.82, 2.24) is 20.1 Å². The first-order valence-electron chi connectivity index (χ1n) is 12.0. The zero-order chi connectivity index (χ0) is 25.2. The van der Waals surface area contributed by atoms with E-state index in [-0.39, 0.29) is 17.2 Å². The number of hydrogen-bond acceptors (Lipinski definition) is 4. The van der Waals surface area contributed by atoms with Gasteiger partial charge < -0.3 is 10.6 Å². The molecule has 0 saturated heterocycles. The number of benzene rings is 1. The van der Waals surface area contributed by atoms with Crippen LogP contribution in [0.15, 0.2) is 60.2 Å². The fourth-order valence-electron chi connectivity index (χ4n) is 4.63. The Balaban J connectivity index is 1.57. The van der Waals surface area contributed by atoms with E-state index in [9.17, 15) is 9.59 Å². The maximum absolute atomic E-state index is 13.4. The molecule has 182 valence electrons. The van der Waals surface area contributed by atoms with E-state index in [4.69, 9.17) is 0 Å². The number of aromatic nitrogens is 3. The van der Waals surface area contributed by atoms with Gasteiger partial charge >= 0.3 is 0 Å². The molecule has 35 heavy (non-hydrogen) atoms. The first kappa shape index (κ1) is 24.4. The van der Waals surface area contributed by atoms with E-state index >= 15 is 0 Å². The van der Waals surface area contributed by atoms with Gasteiger partial charge in [-0.3, -0.25) is 19.3 Å². The van der Waals surface area contributed by atoms with Crippen LogP contribution in [0.3, 0.4) is 0 Å². The van der Waals surface area contributed by atoms with Gasteiger partial charge in [0.2, 0.25) is 0 Å². The predicted molar refractivity (Wildman–Crippen MR) is 138 cm³/mol. The second-order valence-corrected chi connectivity index (χ2v) is 10.1. The van der Waals surface area contributed by atoms with Crippen molar-refractivity contribution < 1.29 is 9.59 Å². The molecule has 3 aromatic rings. The third-order valence-corrected chi connectivity index (χ3v) is 6.84. The normalized spacial score (nSPS) is 14.9. The molecule has 1 aliphatic carbocycles. The lowest BCUT2D eigenvalue weighted by atomic mass is 9.75. The highest BCUT2D eigenvalue weighted by atomic mass is 16.2. The molecule has 1 fully saturated rings. The molecule has 2 N–H and O–H groups in total. The molecule has 0 bridgehead atoms. The first-order valence-corrected chi connectivity index (χ1v) is 12.0. The highest BCUT2D eigenvalue weighted by Crippen LogP contribution is 2.38. The van der Waals surface area contributed by atoms with Gasteiger partial charge in [0.15, 0.2) is 0 Å². The zero-order valence-electron chi connectivity index (χ0n) is 21.1. The number of hydrogen-bond donors (Lipinski definition) is 2. The number of nitrogens with one attached hydrogen (secondary N) is 2. The summed E-state index contributed by atoms with van der Waals surface area (Å²) in [7, 11) is 1.71. The molecule has 1 aromatic carbocycles. The van der Waals surface area contributed by atoms with Crippen LogP contribution in [0.4, 0.5) is 5.69 Å². The molecule has 0 spiro atoms. The van der Waals surface area contributed by atoms with Crippen molar-refractivity contribution in [2.75, 3.05) is 5.32 Å². The van der Waals surface area contributed by atoms with Crippen LogP contribution in [0.1, 0.15) is 61.1 Å². The molecule has 4 rings (SSSR count). The Hall–Kier alpha value is -3.74. The van der Waals surface area contributed by atoms with Crippen LogP contribution in [-0.4, -0.2) is 26.6 Å². The molecule has 2 amide bonds. The number of amides is 2. The van der Waals surface area contributed by atoms with Crippen LogP contribution in [0.25, 0.3) is 11.1 Å². The Morgan fingerprint density at radius 1 is 0.971 bits per heavy atom. The maximum Gasteiger partial charge on any atom is 0.274 e. The summed E-state index contributed by atoms with van der Waals surface area (Å²) in [6.45, 7) is 8.57. The molecule has 1 aliphatic rings. The van der Waals surface area contributed by atoms with E-state index in [1.807, 2.05) is 50.5 Å². The van der Waals surface area contributed by atoms with Crippen LogP contribution in [0.5, 0.6) is 0 Å². The van der Waals surface area contributed by atoms with Gasteiger partial charge in [-0.1, -0.05) is 26.0 Å². The molecule has 2 aromatic heterocycles. The Bertz CT molecular complexity index is 1250. The number of carbonyl (C=O) groups excluding carboxylic acids is 2. The summed E-state index contributed by atoms with van der Waals surface area (Å²) in [5, 5.41) is 9.95. The highest BCUT2D eigenvalue weighted by molar-refractivity contribution is 6.08. The van der Waals surface area contributed by atoms with Gasteiger partial charge in [0.25, 0.3) is 11.8 Å². The molecule has 2 heterocycles. The molecule has 7 nitrogen and oxygen atoms in total. The number of nitrogens with zero attached hydrogens (tertiary/aromatic N) is 3. The van der Waals surface area contributed by atoms with Crippen molar-refractivity contribution in [2.24, 2.45) is 12.5 Å². The number of pyridine rings is 1. The van der Waals surface area contributed by atoms with Crippen LogP contribution >= 0.6 is 0 Å². The molecular formula is C28H33N5O2. The van der Waals surface area contributed by atoms with E-state index in [2.05, 4.69) is 34.6 Å². The van der Waals surface area contributed by atoms with Crippen molar-refractivity contribution in [3.8, 4) is 11.1 Å². The van der Waals surface area contributed by atoms with Crippen LogP contribution in [0.2, 0.25) is 0 Å². The van der Waals surface area contributed by atoms with E-state index in [1.54, 1.807) is 19.3 Å². The van der Waals surface area contributed by atoms with Crippen molar-refractivity contribution in [2.45, 2.75) is 53.4 Å². The molecule has 0 unspecified atom stereocenters. The summed E-state index contributed by atoms with van der Waals surface area (Å²) in [4.78, 5) is 30.6. The highest BCUT2D eigenvalue weighted by Gasteiger charge is 2.28. The first-order chi connectivity index (χ1) is 16.6. The maximum atomic E-state index is 13.4. The quantitative estimate of drug-likeness (QED) is 0.493. The Morgan fingerprint density at radius 3 is 2.17 bits per heavy atom. The molecule has 0 atom stereocenters. The van der Waals surface area contributed by atoms with Crippen molar-refractivity contribution in [3.63, 3.8) is 0 Å². The summed E-state index contributed by atoms with van der Waals surface area (Å²) in [6.07, 6.45) is 8.78. The van der Waals surface area contributed by atoms with Crippen molar-refractivity contribution >= 4 is 17.5 Å². The minimum atomic E-state index is -0.341. The monoisotopic (exact) mass is 471 g/mol.